The first-order valence-corrected chi connectivity index (χ1v) is 12.1. The fraction of sp³-hybridized carbons (Fsp3) is 0.276. The van der Waals surface area contributed by atoms with Crippen molar-refractivity contribution in [2.45, 2.75) is 39.3 Å². The quantitative estimate of drug-likeness (QED) is 0.169. The van der Waals surface area contributed by atoms with Crippen molar-refractivity contribution >= 4 is 28.6 Å². The van der Waals surface area contributed by atoms with E-state index in [1.165, 1.54) is 6.07 Å². The largest absolute Gasteiger partial charge is 0.497 e. The van der Waals surface area contributed by atoms with Gasteiger partial charge in [-0.2, -0.15) is 0 Å². The number of anilines is 2. The SMILES string of the molecule is [CH2-][C@@H](NC(=O)c1ccc2c(c1)nc(Nc1ccc(OC)cc1)n2Cc1ccccc1C(C)(F)F)C(C)C.[Mo]. The maximum Gasteiger partial charge on any atom is 0.270 e. The Morgan fingerprint density at radius 3 is 2.42 bits per heavy atom. The molecular formula is C29H31F2MoN4O2-. The molecule has 0 aliphatic rings. The van der Waals surface area contributed by atoms with Crippen LogP contribution in [0.1, 0.15) is 42.3 Å². The van der Waals surface area contributed by atoms with E-state index in [1.54, 1.807) is 43.5 Å². The number of fused-ring (bicyclic) bond motifs is 1. The third-order valence-corrected chi connectivity index (χ3v) is 6.30. The number of imidazole rings is 1. The summed E-state index contributed by atoms with van der Waals surface area (Å²) in [7, 11) is 1.59. The molecule has 0 radical (unpaired) electrons. The predicted molar refractivity (Wildman–Crippen MR) is 143 cm³/mol. The standard InChI is InChI=1S/C29H31F2N4O2.Mo/c1-18(2)19(3)32-27(36)20-10-15-26-25(16-20)34-28(33-22-11-13-23(37-5)14-12-22)35(26)17-21-8-6-7-9-24(21)29(4,30)31;/h6-16,18-19H,3,17H2,1-2,4-5H3,(H,32,36)(H,33,34);/q-1;/t19-;/m1./s1. The summed E-state index contributed by atoms with van der Waals surface area (Å²) in [6.45, 7) is 9.01. The number of hydrogen-bond acceptors (Lipinski definition) is 4. The Hall–Kier alpha value is -3.25. The smallest absolute Gasteiger partial charge is 0.270 e. The summed E-state index contributed by atoms with van der Waals surface area (Å²) < 4.78 is 35.8. The van der Waals surface area contributed by atoms with Crippen molar-refractivity contribution in [1.82, 2.24) is 14.9 Å². The van der Waals surface area contributed by atoms with E-state index in [1.807, 2.05) is 42.7 Å². The number of alkyl halides is 2. The van der Waals surface area contributed by atoms with Gasteiger partial charge in [-0.1, -0.05) is 50.1 Å². The summed E-state index contributed by atoms with van der Waals surface area (Å²) in [5.41, 5.74) is 2.90. The van der Waals surface area contributed by atoms with Crippen molar-refractivity contribution in [3.63, 3.8) is 0 Å². The first-order chi connectivity index (χ1) is 17.6. The van der Waals surface area contributed by atoms with E-state index < -0.39 is 5.92 Å². The van der Waals surface area contributed by atoms with Gasteiger partial charge in [-0.25, -0.2) is 13.8 Å². The van der Waals surface area contributed by atoms with Gasteiger partial charge in [0.05, 0.1) is 24.7 Å². The topological polar surface area (TPSA) is 68.2 Å². The molecule has 0 unspecified atom stereocenters. The molecule has 200 valence electrons. The van der Waals surface area contributed by atoms with Crippen molar-refractivity contribution in [2.75, 3.05) is 12.4 Å². The molecule has 0 spiro atoms. The molecule has 1 amide bonds. The van der Waals surface area contributed by atoms with Gasteiger partial charge < -0.3 is 26.9 Å². The summed E-state index contributed by atoms with van der Waals surface area (Å²) in [5.74, 6) is -1.89. The fourth-order valence-electron chi connectivity index (χ4n) is 4.01. The van der Waals surface area contributed by atoms with Crippen LogP contribution in [0.3, 0.4) is 0 Å². The molecule has 38 heavy (non-hydrogen) atoms. The molecule has 1 heterocycles. The monoisotopic (exact) mass is 603 g/mol. The minimum absolute atomic E-state index is 0. The van der Waals surface area contributed by atoms with Crippen LogP contribution in [0.5, 0.6) is 5.75 Å². The van der Waals surface area contributed by atoms with E-state index in [2.05, 4.69) is 17.6 Å². The van der Waals surface area contributed by atoms with Gasteiger partial charge in [-0.15, -0.1) is 0 Å². The van der Waals surface area contributed by atoms with Crippen molar-refractivity contribution < 1.29 is 39.4 Å². The maximum atomic E-state index is 14.4. The number of amides is 1. The van der Waals surface area contributed by atoms with E-state index in [0.717, 1.165) is 12.6 Å². The van der Waals surface area contributed by atoms with Crippen LogP contribution in [0, 0.1) is 12.8 Å². The summed E-state index contributed by atoms with van der Waals surface area (Å²) in [4.78, 5) is 17.5. The Balaban J connectivity index is 0.00000400. The van der Waals surface area contributed by atoms with E-state index >= 15 is 0 Å². The Bertz CT molecular complexity index is 1400. The van der Waals surface area contributed by atoms with Gasteiger partial charge in [0.15, 0.2) is 0 Å². The third kappa shape index (κ3) is 6.59. The Kier molecular flexibility index (Phi) is 9.31. The van der Waals surface area contributed by atoms with Gasteiger partial charge in [-0.3, -0.25) is 4.79 Å². The number of ether oxygens (including phenoxy) is 1. The zero-order valence-electron chi connectivity index (χ0n) is 21.8. The molecule has 0 fully saturated rings. The summed E-state index contributed by atoms with van der Waals surface area (Å²) in [6, 6.07) is 18.8. The zero-order valence-corrected chi connectivity index (χ0v) is 23.8. The van der Waals surface area contributed by atoms with E-state index in [0.29, 0.717) is 33.9 Å². The number of methoxy groups -OCH3 is 1. The summed E-state index contributed by atoms with van der Waals surface area (Å²) >= 11 is 0. The van der Waals surface area contributed by atoms with Crippen LogP contribution in [-0.2, 0) is 33.5 Å². The molecule has 3 aromatic carbocycles. The van der Waals surface area contributed by atoms with Gasteiger partial charge >= 0.3 is 0 Å². The second kappa shape index (κ2) is 12.1. The predicted octanol–water partition coefficient (Wildman–Crippen LogP) is 6.53. The summed E-state index contributed by atoms with van der Waals surface area (Å²) in [5, 5.41) is 6.19. The van der Waals surface area contributed by atoms with Crippen LogP contribution in [-0.4, -0.2) is 28.6 Å². The van der Waals surface area contributed by atoms with Crippen molar-refractivity contribution in [3.05, 3.63) is 90.3 Å². The molecule has 9 heteroatoms. The molecular weight excluding hydrogens is 570 g/mol. The molecule has 0 saturated heterocycles. The molecule has 1 aromatic heterocycles. The normalized spacial score (nSPS) is 12.2. The Morgan fingerprint density at radius 1 is 1.11 bits per heavy atom. The fourth-order valence-corrected chi connectivity index (χ4v) is 4.01. The van der Waals surface area contributed by atoms with Crippen LogP contribution >= 0.6 is 0 Å². The number of carbonyl (C=O) groups excluding carboxylic acids is 1. The first-order valence-electron chi connectivity index (χ1n) is 12.1. The van der Waals surface area contributed by atoms with Crippen LogP contribution in [0.4, 0.5) is 20.4 Å². The number of hydrogen-bond donors (Lipinski definition) is 2. The number of nitrogens with zero attached hydrogens (tertiary/aromatic N) is 2. The molecule has 2 N–H and O–H groups in total. The first kappa shape index (κ1) is 29.3. The second-order valence-corrected chi connectivity index (χ2v) is 9.45. The summed E-state index contributed by atoms with van der Waals surface area (Å²) in [6.07, 6.45) is 0. The number of aromatic nitrogens is 2. The number of benzene rings is 3. The Morgan fingerprint density at radius 2 is 1.79 bits per heavy atom. The third-order valence-electron chi connectivity index (χ3n) is 6.30. The van der Waals surface area contributed by atoms with E-state index in [-0.39, 0.29) is 51.0 Å². The number of carbonyl (C=O) groups is 1. The van der Waals surface area contributed by atoms with Gasteiger partial charge in [0, 0.05) is 44.8 Å². The molecule has 0 bridgehead atoms. The van der Waals surface area contributed by atoms with Crippen LogP contribution in [0.2, 0.25) is 0 Å². The van der Waals surface area contributed by atoms with E-state index in [4.69, 9.17) is 9.72 Å². The molecule has 4 aromatic rings. The minimum atomic E-state index is -3.00. The van der Waals surface area contributed by atoms with Gasteiger partial charge in [0.2, 0.25) is 11.9 Å². The molecule has 4 rings (SSSR count). The van der Waals surface area contributed by atoms with Crippen LogP contribution in [0.15, 0.2) is 66.7 Å². The number of rotatable bonds is 9. The number of halogens is 2. The molecule has 0 aliphatic carbocycles. The van der Waals surface area contributed by atoms with Gasteiger partial charge in [0.25, 0.3) is 5.92 Å². The zero-order chi connectivity index (χ0) is 26.7. The van der Waals surface area contributed by atoms with Crippen LogP contribution < -0.4 is 15.4 Å². The average molecular weight is 602 g/mol. The molecule has 0 aliphatic heterocycles. The van der Waals surface area contributed by atoms with Crippen molar-refractivity contribution in [2.24, 2.45) is 5.92 Å². The molecule has 0 saturated carbocycles. The molecule has 6 nitrogen and oxygen atoms in total. The van der Waals surface area contributed by atoms with Crippen molar-refractivity contribution in [1.29, 1.82) is 0 Å². The molecule has 1 atom stereocenters. The van der Waals surface area contributed by atoms with E-state index in [9.17, 15) is 13.6 Å². The van der Waals surface area contributed by atoms with Gasteiger partial charge in [-0.05, 0) is 48.0 Å². The maximum absolute atomic E-state index is 14.4. The van der Waals surface area contributed by atoms with Gasteiger partial charge in [0.1, 0.15) is 5.75 Å². The number of nitrogens with one attached hydrogen (secondary N) is 2. The van der Waals surface area contributed by atoms with Crippen LogP contribution in [0.25, 0.3) is 11.0 Å². The second-order valence-electron chi connectivity index (χ2n) is 9.45. The Labute approximate surface area is 236 Å². The van der Waals surface area contributed by atoms with Crippen molar-refractivity contribution in [3.8, 4) is 5.75 Å². The minimum Gasteiger partial charge on any atom is -0.497 e. The average Bonchev–Trinajstić information content (AvgIpc) is 3.20.